The fraction of sp³-hybridized carbons (Fsp3) is 0. The zero-order valence-corrected chi connectivity index (χ0v) is 10.6. The minimum absolute atomic E-state index is 0.223. The number of hydrogen-bond donors (Lipinski definition) is 1. The van der Waals surface area contributed by atoms with Crippen molar-refractivity contribution in [1.82, 2.24) is 9.55 Å². The molecule has 2 aromatic carbocycles. The van der Waals surface area contributed by atoms with Crippen LogP contribution in [0, 0.1) is 0 Å². The number of carbonyl (C=O) groups excluding carboxylic acids is 1. The van der Waals surface area contributed by atoms with E-state index in [1.54, 1.807) is 18.2 Å². The molecule has 0 radical (unpaired) electrons. The number of nitrogens with two attached hydrogens (primary N) is 1. The van der Waals surface area contributed by atoms with Gasteiger partial charge in [0.05, 0.1) is 21.6 Å². The SMILES string of the molecule is Nc1ccc(C(=O)n2cnc3ccccc32)c(Cl)c1. The minimum Gasteiger partial charge on any atom is -0.399 e. The lowest BCUT2D eigenvalue weighted by Gasteiger charge is -2.06. The molecule has 19 heavy (non-hydrogen) atoms. The molecule has 0 spiro atoms. The summed E-state index contributed by atoms with van der Waals surface area (Å²) in [6.07, 6.45) is 1.50. The molecular weight excluding hydrogens is 262 g/mol. The molecule has 0 aliphatic rings. The zero-order valence-electron chi connectivity index (χ0n) is 9.88. The van der Waals surface area contributed by atoms with E-state index in [0.29, 0.717) is 16.3 Å². The topological polar surface area (TPSA) is 60.9 Å². The highest BCUT2D eigenvalue weighted by Crippen LogP contribution is 2.22. The van der Waals surface area contributed by atoms with Crippen molar-refractivity contribution < 1.29 is 4.79 Å². The van der Waals surface area contributed by atoms with E-state index in [4.69, 9.17) is 17.3 Å². The Morgan fingerprint density at radius 1 is 1.21 bits per heavy atom. The van der Waals surface area contributed by atoms with Gasteiger partial charge < -0.3 is 5.73 Å². The van der Waals surface area contributed by atoms with Crippen molar-refractivity contribution in [3.8, 4) is 0 Å². The molecule has 5 heteroatoms. The van der Waals surface area contributed by atoms with Crippen molar-refractivity contribution in [3.05, 3.63) is 59.4 Å². The van der Waals surface area contributed by atoms with Gasteiger partial charge in [0, 0.05) is 5.69 Å². The lowest BCUT2D eigenvalue weighted by atomic mass is 10.2. The van der Waals surface area contributed by atoms with Gasteiger partial charge in [0.25, 0.3) is 5.91 Å². The Labute approximate surface area is 114 Å². The Balaban J connectivity index is 2.13. The number of benzene rings is 2. The molecule has 0 aliphatic heterocycles. The first-order chi connectivity index (χ1) is 9.16. The summed E-state index contributed by atoms with van der Waals surface area (Å²) in [7, 11) is 0. The Morgan fingerprint density at radius 3 is 2.79 bits per heavy atom. The lowest BCUT2D eigenvalue weighted by molar-refractivity contribution is 0.0964. The van der Waals surface area contributed by atoms with Crippen LogP contribution in [0.2, 0.25) is 5.02 Å². The summed E-state index contributed by atoms with van der Waals surface area (Å²) in [5, 5.41) is 0.336. The molecule has 0 bridgehead atoms. The third-order valence-corrected chi connectivity index (χ3v) is 3.21. The number of anilines is 1. The first-order valence-corrected chi connectivity index (χ1v) is 6.06. The summed E-state index contributed by atoms with van der Waals surface area (Å²) in [4.78, 5) is 16.6. The van der Waals surface area contributed by atoms with Crippen molar-refractivity contribution in [2.24, 2.45) is 0 Å². The van der Waals surface area contributed by atoms with Gasteiger partial charge in [-0.1, -0.05) is 23.7 Å². The van der Waals surface area contributed by atoms with E-state index in [1.165, 1.54) is 10.9 Å². The lowest BCUT2D eigenvalue weighted by Crippen LogP contribution is -2.11. The van der Waals surface area contributed by atoms with Crippen molar-refractivity contribution in [3.63, 3.8) is 0 Å². The Bertz CT molecular complexity index is 779. The smallest absolute Gasteiger partial charge is 0.265 e. The highest BCUT2D eigenvalue weighted by molar-refractivity contribution is 6.34. The van der Waals surface area contributed by atoms with Crippen LogP contribution in [0.3, 0.4) is 0 Å². The molecule has 0 aliphatic carbocycles. The van der Waals surface area contributed by atoms with E-state index < -0.39 is 0 Å². The van der Waals surface area contributed by atoms with Gasteiger partial charge in [-0.3, -0.25) is 9.36 Å². The average Bonchev–Trinajstić information content (AvgIpc) is 2.82. The first kappa shape index (κ1) is 11.7. The van der Waals surface area contributed by atoms with Gasteiger partial charge in [-0.25, -0.2) is 4.98 Å². The number of para-hydroxylation sites is 2. The summed E-state index contributed by atoms with van der Waals surface area (Å²) in [6.45, 7) is 0. The maximum absolute atomic E-state index is 12.5. The molecule has 0 fully saturated rings. The Morgan fingerprint density at radius 2 is 2.00 bits per heavy atom. The molecule has 0 amide bonds. The summed E-state index contributed by atoms with van der Waals surface area (Å²) in [5.41, 5.74) is 8.07. The zero-order chi connectivity index (χ0) is 13.4. The molecule has 1 aromatic heterocycles. The van der Waals surface area contributed by atoms with Crippen LogP contribution in [0.4, 0.5) is 5.69 Å². The normalized spacial score (nSPS) is 10.8. The average molecular weight is 272 g/mol. The predicted octanol–water partition coefficient (Wildman–Crippen LogP) is 2.96. The van der Waals surface area contributed by atoms with Gasteiger partial charge in [0.2, 0.25) is 0 Å². The molecule has 0 saturated heterocycles. The van der Waals surface area contributed by atoms with E-state index in [-0.39, 0.29) is 5.91 Å². The maximum atomic E-state index is 12.5. The summed E-state index contributed by atoms with van der Waals surface area (Å²) in [5.74, 6) is -0.223. The van der Waals surface area contributed by atoms with Gasteiger partial charge in [-0.15, -0.1) is 0 Å². The van der Waals surface area contributed by atoms with Crippen LogP contribution >= 0.6 is 11.6 Å². The molecule has 94 valence electrons. The van der Waals surface area contributed by atoms with Crippen molar-refractivity contribution in [2.75, 3.05) is 5.73 Å². The second-order valence-corrected chi connectivity index (χ2v) is 4.55. The number of carbonyl (C=O) groups is 1. The fourth-order valence-corrected chi connectivity index (χ4v) is 2.23. The number of nitrogens with zero attached hydrogens (tertiary/aromatic N) is 2. The van der Waals surface area contributed by atoms with E-state index in [9.17, 15) is 4.79 Å². The Kier molecular flexibility index (Phi) is 2.72. The van der Waals surface area contributed by atoms with Crippen LogP contribution < -0.4 is 5.73 Å². The molecule has 1 heterocycles. The first-order valence-electron chi connectivity index (χ1n) is 5.68. The number of imidazole rings is 1. The molecule has 4 nitrogen and oxygen atoms in total. The summed E-state index contributed by atoms with van der Waals surface area (Å²) >= 11 is 6.06. The number of nitrogen functional groups attached to an aromatic ring is 1. The van der Waals surface area contributed by atoms with Gasteiger partial charge in [-0.2, -0.15) is 0 Å². The van der Waals surface area contributed by atoms with Crippen molar-refractivity contribution in [2.45, 2.75) is 0 Å². The van der Waals surface area contributed by atoms with Crippen LogP contribution in [-0.4, -0.2) is 15.5 Å². The van der Waals surface area contributed by atoms with Crippen LogP contribution in [-0.2, 0) is 0 Å². The number of halogens is 1. The molecular formula is C14H10ClN3O. The predicted molar refractivity (Wildman–Crippen MR) is 75.3 cm³/mol. The van der Waals surface area contributed by atoms with E-state index in [1.807, 2.05) is 24.3 Å². The standard InChI is InChI=1S/C14H10ClN3O/c15-11-7-9(16)5-6-10(11)14(19)18-8-17-12-3-1-2-4-13(12)18/h1-8H,16H2. The van der Waals surface area contributed by atoms with Crippen LogP contribution in [0.15, 0.2) is 48.8 Å². The largest absolute Gasteiger partial charge is 0.399 e. The summed E-state index contributed by atoms with van der Waals surface area (Å²) < 4.78 is 1.48. The molecule has 0 atom stereocenters. The quantitative estimate of drug-likeness (QED) is 0.692. The highest BCUT2D eigenvalue weighted by Gasteiger charge is 2.15. The van der Waals surface area contributed by atoms with Crippen LogP contribution in [0.25, 0.3) is 11.0 Å². The third kappa shape index (κ3) is 1.96. The third-order valence-electron chi connectivity index (χ3n) is 2.90. The van der Waals surface area contributed by atoms with E-state index in [2.05, 4.69) is 4.98 Å². The molecule has 2 N–H and O–H groups in total. The maximum Gasteiger partial charge on any atom is 0.265 e. The minimum atomic E-state index is -0.223. The molecule has 0 saturated carbocycles. The molecule has 3 aromatic rings. The van der Waals surface area contributed by atoms with Gasteiger partial charge in [0.1, 0.15) is 6.33 Å². The molecule has 3 rings (SSSR count). The number of fused-ring (bicyclic) bond motifs is 1. The van der Waals surface area contributed by atoms with Gasteiger partial charge >= 0.3 is 0 Å². The highest BCUT2D eigenvalue weighted by atomic mass is 35.5. The Hall–Kier alpha value is -2.33. The van der Waals surface area contributed by atoms with E-state index in [0.717, 1.165) is 11.0 Å². The monoisotopic (exact) mass is 271 g/mol. The van der Waals surface area contributed by atoms with Crippen LogP contribution in [0.1, 0.15) is 10.4 Å². The van der Waals surface area contributed by atoms with Gasteiger partial charge in [0.15, 0.2) is 0 Å². The van der Waals surface area contributed by atoms with Gasteiger partial charge in [-0.05, 0) is 30.3 Å². The number of rotatable bonds is 1. The number of aromatic nitrogens is 2. The summed E-state index contributed by atoms with van der Waals surface area (Å²) in [6, 6.07) is 12.3. The van der Waals surface area contributed by atoms with Crippen molar-refractivity contribution >= 4 is 34.2 Å². The van der Waals surface area contributed by atoms with Crippen molar-refractivity contribution in [1.29, 1.82) is 0 Å². The fourth-order valence-electron chi connectivity index (χ4n) is 1.96. The second-order valence-electron chi connectivity index (χ2n) is 4.15. The molecule has 0 unspecified atom stereocenters. The second kappa shape index (κ2) is 4.40. The van der Waals surface area contributed by atoms with Crippen LogP contribution in [0.5, 0.6) is 0 Å². The van der Waals surface area contributed by atoms with E-state index >= 15 is 0 Å². The number of hydrogen-bond acceptors (Lipinski definition) is 3.